The van der Waals surface area contributed by atoms with Crippen molar-refractivity contribution in [2.75, 3.05) is 27.2 Å². The molecule has 0 atom stereocenters. The van der Waals surface area contributed by atoms with Gasteiger partial charge in [0.2, 0.25) is 0 Å². The first kappa shape index (κ1) is 21.2. The average molecular weight is 296 g/mol. The molecule has 118 valence electrons. The Morgan fingerprint density at radius 3 is 2.14 bits per heavy atom. The van der Waals surface area contributed by atoms with Crippen molar-refractivity contribution in [2.45, 2.75) is 34.1 Å². The second-order valence-electron chi connectivity index (χ2n) is 5.85. The van der Waals surface area contributed by atoms with Crippen LogP contribution in [0.2, 0.25) is 0 Å². The largest absolute Gasteiger partial charge is 1.00 e. The van der Waals surface area contributed by atoms with Gasteiger partial charge in [-0.2, -0.15) is 5.92 Å². The molecular formula is C18H29LiN2O. The Balaban J connectivity index is 0.00000441. The smallest absolute Gasteiger partial charge is 0.458 e. The fourth-order valence-corrected chi connectivity index (χ4v) is 2.64. The molecule has 3 nitrogen and oxygen atoms in total. The number of hydrogen-bond acceptors (Lipinski definition) is 2. The Morgan fingerprint density at radius 1 is 1.14 bits per heavy atom. The van der Waals surface area contributed by atoms with Gasteiger partial charge in [0.1, 0.15) is 0 Å². The zero-order valence-corrected chi connectivity index (χ0v) is 15.3. The maximum absolute atomic E-state index is 12.7. The molecule has 0 aliphatic rings. The van der Waals surface area contributed by atoms with Crippen LogP contribution in [-0.4, -0.2) is 42.9 Å². The molecule has 0 aliphatic heterocycles. The summed E-state index contributed by atoms with van der Waals surface area (Å²) < 4.78 is 0. The van der Waals surface area contributed by atoms with E-state index < -0.39 is 0 Å². The molecule has 1 aromatic carbocycles. The summed E-state index contributed by atoms with van der Waals surface area (Å²) in [4.78, 5) is 16.7. The fraction of sp³-hybridized carbons (Fsp3) is 0.556. The molecule has 1 amide bonds. The predicted molar refractivity (Wildman–Crippen MR) is 89.2 cm³/mol. The van der Waals surface area contributed by atoms with Gasteiger partial charge in [0, 0.05) is 18.7 Å². The summed E-state index contributed by atoms with van der Waals surface area (Å²) in [5.41, 5.74) is 1.95. The molecule has 0 unspecified atom stereocenters. The molecule has 22 heavy (non-hydrogen) atoms. The van der Waals surface area contributed by atoms with Gasteiger partial charge in [-0.1, -0.05) is 37.6 Å². The van der Waals surface area contributed by atoms with E-state index in [2.05, 4.69) is 38.9 Å². The van der Waals surface area contributed by atoms with Gasteiger partial charge in [-0.15, -0.1) is 6.42 Å². The van der Waals surface area contributed by atoms with Crippen LogP contribution >= 0.6 is 0 Å². The molecule has 0 heterocycles. The Hall–Kier alpha value is -0.753. The van der Waals surface area contributed by atoms with E-state index in [-0.39, 0.29) is 24.8 Å². The van der Waals surface area contributed by atoms with E-state index in [1.165, 1.54) is 6.04 Å². The van der Waals surface area contributed by atoms with Crippen LogP contribution in [0, 0.1) is 12.0 Å². The van der Waals surface area contributed by atoms with Gasteiger partial charge < -0.3 is 9.80 Å². The second-order valence-corrected chi connectivity index (χ2v) is 5.85. The van der Waals surface area contributed by atoms with Crippen LogP contribution in [0.3, 0.4) is 0 Å². The zero-order chi connectivity index (χ0) is 16.0. The van der Waals surface area contributed by atoms with Gasteiger partial charge in [0.25, 0.3) is 5.91 Å². The van der Waals surface area contributed by atoms with Crippen LogP contribution < -0.4 is 18.9 Å². The van der Waals surface area contributed by atoms with E-state index in [0.717, 1.165) is 30.6 Å². The number of carbonyl (C=O) groups is 1. The Labute approximate surface area is 148 Å². The predicted octanol–water partition coefficient (Wildman–Crippen LogP) is 0.465. The maximum atomic E-state index is 12.7. The van der Waals surface area contributed by atoms with Crippen molar-refractivity contribution in [3.05, 3.63) is 41.4 Å². The third kappa shape index (κ3) is 5.46. The van der Waals surface area contributed by atoms with Crippen molar-refractivity contribution in [1.82, 2.24) is 9.80 Å². The van der Waals surface area contributed by atoms with Gasteiger partial charge in [-0.25, -0.2) is 6.04 Å². The minimum Gasteiger partial charge on any atom is -0.458 e. The number of hydrogen-bond donors (Lipinski definition) is 0. The molecule has 0 N–H and O–H groups in total. The molecule has 0 aromatic heterocycles. The van der Waals surface area contributed by atoms with E-state index in [1.54, 1.807) is 0 Å². The number of rotatable bonds is 7. The molecule has 0 fully saturated rings. The number of amides is 1. The van der Waals surface area contributed by atoms with Crippen molar-refractivity contribution in [2.24, 2.45) is 5.92 Å². The average Bonchev–Trinajstić information content (AvgIpc) is 2.45. The molecular weight excluding hydrogens is 267 g/mol. The van der Waals surface area contributed by atoms with Gasteiger partial charge in [-0.05, 0) is 34.0 Å². The number of carbonyl (C=O) groups excluding carboxylic acids is 1. The van der Waals surface area contributed by atoms with Crippen LogP contribution in [0.15, 0.2) is 24.3 Å². The Morgan fingerprint density at radius 2 is 1.68 bits per heavy atom. The van der Waals surface area contributed by atoms with Crippen molar-refractivity contribution in [3.8, 4) is 0 Å². The van der Waals surface area contributed by atoms with Gasteiger partial charge in [0.05, 0.1) is 0 Å². The fourth-order valence-electron chi connectivity index (χ4n) is 2.64. The SMILES string of the molecule is CCN(CC)C(=O)c1ccccc1C[C-](C(C)C)N(C)C.[Li+]. The standard InChI is InChI=1S/C18H29N2O.Li/c1-7-20(8-2)18(21)16-12-10-9-11-15(16)13-17(14(3)4)19(5)6;/h9-12,14H,7-8,13H2,1-6H3;/q-1;+1. The number of benzene rings is 1. The van der Waals surface area contributed by atoms with Crippen LogP contribution in [0.1, 0.15) is 43.6 Å². The quantitative estimate of drug-likeness (QED) is 0.539. The van der Waals surface area contributed by atoms with E-state index in [1.807, 2.05) is 36.9 Å². The summed E-state index contributed by atoms with van der Waals surface area (Å²) in [7, 11) is 4.15. The molecule has 0 radical (unpaired) electrons. The Kier molecular flexibility index (Phi) is 9.76. The molecule has 1 aromatic rings. The monoisotopic (exact) mass is 296 g/mol. The van der Waals surface area contributed by atoms with Crippen LogP contribution in [0.4, 0.5) is 0 Å². The Bertz CT molecular complexity index is 448. The summed E-state index contributed by atoms with van der Waals surface area (Å²) in [6.45, 7) is 9.94. The maximum Gasteiger partial charge on any atom is 1.00 e. The van der Waals surface area contributed by atoms with Crippen molar-refractivity contribution in [3.63, 3.8) is 0 Å². The van der Waals surface area contributed by atoms with E-state index in [0.29, 0.717) is 5.92 Å². The third-order valence-corrected chi connectivity index (χ3v) is 3.91. The number of likely N-dealkylation sites (N-methyl/N-ethyl adjacent to an activating group) is 1. The molecule has 1 rings (SSSR count). The second kappa shape index (κ2) is 10.1. The summed E-state index contributed by atoms with van der Waals surface area (Å²) in [6, 6.07) is 9.33. The van der Waals surface area contributed by atoms with E-state index >= 15 is 0 Å². The first-order valence-electron chi connectivity index (χ1n) is 7.82. The van der Waals surface area contributed by atoms with Gasteiger partial charge in [0.15, 0.2) is 0 Å². The van der Waals surface area contributed by atoms with Crippen LogP contribution in [0.25, 0.3) is 0 Å². The number of nitrogens with zero attached hydrogens (tertiary/aromatic N) is 2. The van der Waals surface area contributed by atoms with Crippen molar-refractivity contribution >= 4 is 5.91 Å². The first-order valence-corrected chi connectivity index (χ1v) is 7.82. The zero-order valence-electron chi connectivity index (χ0n) is 15.3. The normalized spacial score (nSPS) is 11.0. The van der Waals surface area contributed by atoms with Crippen LogP contribution in [-0.2, 0) is 6.42 Å². The molecule has 0 bridgehead atoms. The minimum absolute atomic E-state index is 0. The molecule has 4 heteroatoms. The molecule has 0 spiro atoms. The summed E-state index contributed by atoms with van der Waals surface area (Å²) in [6.07, 6.45) is 0.827. The topological polar surface area (TPSA) is 23.6 Å². The van der Waals surface area contributed by atoms with Gasteiger partial charge >= 0.3 is 18.9 Å². The van der Waals surface area contributed by atoms with Crippen LogP contribution in [0.5, 0.6) is 0 Å². The molecule has 0 saturated heterocycles. The van der Waals surface area contributed by atoms with E-state index in [4.69, 9.17) is 0 Å². The summed E-state index contributed by atoms with van der Waals surface area (Å²) in [5, 5.41) is 0. The minimum atomic E-state index is 0. The third-order valence-electron chi connectivity index (χ3n) is 3.91. The molecule has 0 saturated carbocycles. The van der Waals surface area contributed by atoms with Crippen molar-refractivity contribution in [1.29, 1.82) is 0 Å². The summed E-state index contributed by atoms with van der Waals surface area (Å²) in [5.74, 6) is 0.606. The molecule has 0 aliphatic carbocycles. The summed E-state index contributed by atoms with van der Waals surface area (Å²) >= 11 is 0. The van der Waals surface area contributed by atoms with Gasteiger partial charge in [-0.3, -0.25) is 4.79 Å². The van der Waals surface area contributed by atoms with Crippen molar-refractivity contribution < 1.29 is 23.7 Å². The van der Waals surface area contributed by atoms with E-state index in [9.17, 15) is 4.79 Å². The first-order chi connectivity index (χ1) is 9.92.